The fourth-order valence-electron chi connectivity index (χ4n) is 2.71. The van der Waals surface area contributed by atoms with Crippen LogP contribution in [0.25, 0.3) is 0 Å². The van der Waals surface area contributed by atoms with Gasteiger partial charge in [-0.15, -0.1) is 11.3 Å². The maximum Gasteiger partial charge on any atom is 0.251 e. The lowest BCUT2D eigenvalue weighted by Crippen LogP contribution is -2.50. The molecule has 23 heavy (non-hydrogen) atoms. The Morgan fingerprint density at radius 2 is 2.04 bits per heavy atom. The Bertz CT molecular complexity index is 768. The van der Waals surface area contributed by atoms with Gasteiger partial charge < -0.3 is 0 Å². The number of piperidine rings is 1. The highest BCUT2D eigenvalue weighted by atomic mass is 32.2. The second kappa shape index (κ2) is 6.40. The summed E-state index contributed by atoms with van der Waals surface area (Å²) in [5, 5.41) is 0.512. The van der Waals surface area contributed by atoms with E-state index in [1.54, 1.807) is 0 Å². The van der Waals surface area contributed by atoms with Crippen LogP contribution in [0.3, 0.4) is 0 Å². The van der Waals surface area contributed by atoms with Crippen LogP contribution in [-0.2, 0) is 26.5 Å². The maximum atomic E-state index is 12.4. The quantitative estimate of drug-likeness (QED) is 0.793. The first-order valence-electron chi connectivity index (χ1n) is 7.79. The molecule has 7 nitrogen and oxygen atoms in total. The number of sulfonamides is 2. The summed E-state index contributed by atoms with van der Waals surface area (Å²) in [6.07, 6.45) is 4.81. The Labute approximate surface area is 141 Å². The molecule has 0 radical (unpaired) electrons. The Morgan fingerprint density at radius 3 is 2.65 bits per heavy atom. The molecule has 1 aromatic heterocycles. The molecule has 1 aliphatic heterocycles. The van der Waals surface area contributed by atoms with Crippen LogP contribution in [0, 0.1) is 0 Å². The Balaban J connectivity index is 1.69. The highest BCUT2D eigenvalue weighted by Gasteiger charge is 2.42. The molecule has 1 N–H and O–H groups in total. The number of hydrogen-bond acceptors (Lipinski definition) is 6. The monoisotopic (exact) mass is 379 g/mol. The molecule has 0 aromatic carbocycles. The van der Waals surface area contributed by atoms with Crippen LogP contribution >= 0.6 is 11.3 Å². The number of thiazole rings is 1. The van der Waals surface area contributed by atoms with E-state index < -0.39 is 20.0 Å². The SMILES string of the molecule is CCc1ncc(S(=O)(=O)N[C@@H]2CCCN(S(=O)(=O)C3CC3)C2)s1. The fourth-order valence-corrected chi connectivity index (χ4v) is 7.03. The molecule has 10 heteroatoms. The molecular formula is C13H21N3O4S3. The van der Waals surface area contributed by atoms with Crippen molar-refractivity contribution >= 4 is 31.4 Å². The minimum Gasteiger partial charge on any atom is -0.248 e. The number of hydrogen-bond donors (Lipinski definition) is 1. The van der Waals surface area contributed by atoms with Crippen LogP contribution in [0.15, 0.2) is 10.4 Å². The third-order valence-electron chi connectivity index (χ3n) is 4.11. The average Bonchev–Trinajstić information content (AvgIpc) is 3.25. The number of aromatic nitrogens is 1. The standard InChI is InChI=1S/C13H21N3O4S3/c1-2-12-14-8-13(21-12)22(17,18)15-10-4-3-7-16(9-10)23(19,20)11-5-6-11/h8,10-11,15H,2-7,9H2,1H3/t10-/m1/s1. The van der Waals surface area contributed by atoms with Gasteiger partial charge in [0.2, 0.25) is 10.0 Å². The van der Waals surface area contributed by atoms with Gasteiger partial charge in [-0.2, -0.15) is 0 Å². The lowest BCUT2D eigenvalue weighted by atomic mass is 10.1. The van der Waals surface area contributed by atoms with E-state index in [0.717, 1.165) is 29.2 Å². The number of aryl methyl sites for hydroxylation is 1. The van der Waals surface area contributed by atoms with Crippen molar-refractivity contribution in [2.75, 3.05) is 13.1 Å². The van der Waals surface area contributed by atoms with Gasteiger partial charge in [-0.1, -0.05) is 6.92 Å². The van der Waals surface area contributed by atoms with Crippen LogP contribution in [0.2, 0.25) is 0 Å². The molecule has 2 fully saturated rings. The van der Waals surface area contributed by atoms with Gasteiger partial charge in [0, 0.05) is 19.1 Å². The number of nitrogens with zero attached hydrogens (tertiary/aromatic N) is 2. The zero-order chi connectivity index (χ0) is 16.7. The highest BCUT2D eigenvalue weighted by Crippen LogP contribution is 2.32. The van der Waals surface area contributed by atoms with Crippen molar-refractivity contribution in [1.82, 2.24) is 14.0 Å². The molecule has 130 valence electrons. The lowest BCUT2D eigenvalue weighted by molar-refractivity contribution is 0.303. The van der Waals surface area contributed by atoms with Gasteiger partial charge >= 0.3 is 0 Å². The molecule has 1 atom stereocenters. The summed E-state index contributed by atoms with van der Waals surface area (Å²) >= 11 is 1.16. The first kappa shape index (κ1) is 17.3. The molecule has 2 heterocycles. The van der Waals surface area contributed by atoms with Crippen LogP contribution in [-0.4, -0.2) is 50.5 Å². The first-order valence-corrected chi connectivity index (χ1v) is 11.6. The summed E-state index contributed by atoms with van der Waals surface area (Å²) in [5.74, 6) is 0. The maximum absolute atomic E-state index is 12.4. The van der Waals surface area contributed by atoms with E-state index in [0.29, 0.717) is 25.8 Å². The Morgan fingerprint density at radius 1 is 1.30 bits per heavy atom. The van der Waals surface area contributed by atoms with Crippen molar-refractivity contribution in [2.45, 2.75) is 54.5 Å². The van der Waals surface area contributed by atoms with Crippen molar-refractivity contribution in [3.05, 3.63) is 11.2 Å². The molecule has 0 spiro atoms. The van der Waals surface area contributed by atoms with Crippen molar-refractivity contribution in [3.63, 3.8) is 0 Å². The summed E-state index contributed by atoms with van der Waals surface area (Å²) in [4.78, 5) is 4.07. The van der Waals surface area contributed by atoms with E-state index in [4.69, 9.17) is 0 Å². The Hall–Kier alpha value is -0.550. The molecule has 1 saturated heterocycles. The van der Waals surface area contributed by atoms with Gasteiger partial charge in [0.25, 0.3) is 10.0 Å². The minimum absolute atomic E-state index is 0.191. The predicted octanol–water partition coefficient (Wildman–Crippen LogP) is 0.940. The van der Waals surface area contributed by atoms with Gasteiger partial charge in [0.15, 0.2) is 4.21 Å². The molecule has 0 unspecified atom stereocenters. The average molecular weight is 380 g/mol. The fraction of sp³-hybridized carbons (Fsp3) is 0.769. The predicted molar refractivity (Wildman–Crippen MR) is 88.4 cm³/mol. The number of rotatable bonds is 6. The molecule has 0 bridgehead atoms. The topological polar surface area (TPSA) is 96.4 Å². The molecular weight excluding hydrogens is 358 g/mol. The first-order chi connectivity index (χ1) is 10.8. The second-order valence-corrected chi connectivity index (χ2v) is 11.3. The zero-order valence-electron chi connectivity index (χ0n) is 12.9. The summed E-state index contributed by atoms with van der Waals surface area (Å²) in [5.41, 5.74) is 0. The molecule has 3 rings (SSSR count). The van der Waals surface area contributed by atoms with Crippen molar-refractivity contribution in [1.29, 1.82) is 0 Å². The van der Waals surface area contributed by atoms with E-state index in [-0.39, 0.29) is 22.0 Å². The van der Waals surface area contributed by atoms with Crippen LogP contribution < -0.4 is 4.72 Å². The van der Waals surface area contributed by atoms with Gasteiger partial charge in [-0.05, 0) is 32.1 Å². The van der Waals surface area contributed by atoms with Gasteiger partial charge in [0.1, 0.15) is 0 Å². The van der Waals surface area contributed by atoms with Crippen molar-refractivity contribution in [2.24, 2.45) is 0 Å². The van der Waals surface area contributed by atoms with E-state index in [1.165, 1.54) is 10.5 Å². The van der Waals surface area contributed by atoms with E-state index in [2.05, 4.69) is 9.71 Å². The smallest absolute Gasteiger partial charge is 0.248 e. The molecule has 1 aliphatic carbocycles. The highest BCUT2D eigenvalue weighted by molar-refractivity contribution is 7.91. The normalized spacial score (nSPS) is 24.0. The largest absolute Gasteiger partial charge is 0.251 e. The van der Waals surface area contributed by atoms with E-state index >= 15 is 0 Å². The van der Waals surface area contributed by atoms with E-state index in [1.807, 2.05) is 6.92 Å². The number of nitrogens with one attached hydrogen (secondary N) is 1. The van der Waals surface area contributed by atoms with Crippen molar-refractivity contribution < 1.29 is 16.8 Å². The zero-order valence-corrected chi connectivity index (χ0v) is 15.4. The molecule has 0 amide bonds. The minimum atomic E-state index is -3.64. The van der Waals surface area contributed by atoms with Crippen LogP contribution in [0.5, 0.6) is 0 Å². The summed E-state index contributed by atoms with van der Waals surface area (Å²) in [6.45, 7) is 2.62. The van der Waals surface area contributed by atoms with Gasteiger partial charge in [-0.3, -0.25) is 0 Å². The molecule has 1 aromatic rings. The summed E-state index contributed by atoms with van der Waals surface area (Å²) < 4.78 is 53.8. The Kier molecular flexibility index (Phi) is 4.81. The molecule has 1 saturated carbocycles. The van der Waals surface area contributed by atoms with Crippen molar-refractivity contribution in [3.8, 4) is 0 Å². The van der Waals surface area contributed by atoms with Crippen LogP contribution in [0.1, 0.15) is 37.6 Å². The van der Waals surface area contributed by atoms with E-state index in [9.17, 15) is 16.8 Å². The van der Waals surface area contributed by atoms with Gasteiger partial charge in [-0.25, -0.2) is 30.8 Å². The summed E-state index contributed by atoms with van der Waals surface area (Å²) in [6, 6.07) is -0.380. The van der Waals surface area contributed by atoms with Crippen LogP contribution in [0.4, 0.5) is 0 Å². The van der Waals surface area contributed by atoms with Gasteiger partial charge in [0.05, 0.1) is 16.5 Å². The molecule has 2 aliphatic rings. The third kappa shape index (κ3) is 3.76. The second-order valence-electron chi connectivity index (χ2n) is 5.99. The lowest BCUT2D eigenvalue weighted by Gasteiger charge is -2.32. The third-order valence-corrected chi connectivity index (χ3v) is 9.60. The summed E-state index contributed by atoms with van der Waals surface area (Å²) in [7, 11) is -6.89.